The van der Waals surface area contributed by atoms with Gasteiger partial charge in [0.15, 0.2) is 0 Å². The zero-order chi connectivity index (χ0) is 26.6. The normalized spacial score (nSPS) is 17.1. The number of ketones is 1. The number of aromatic nitrogens is 1. The number of pyridine rings is 1. The summed E-state index contributed by atoms with van der Waals surface area (Å²) in [5, 5.41) is 14.4. The number of likely N-dealkylation sites (tertiary alicyclic amines) is 1. The minimum atomic E-state index is -1.09. The number of rotatable bonds is 10. The second-order valence-electron chi connectivity index (χ2n) is 9.81. The van der Waals surface area contributed by atoms with Crippen molar-refractivity contribution in [1.82, 2.24) is 15.2 Å². The first kappa shape index (κ1) is 26.3. The highest BCUT2D eigenvalue weighted by atomic mass is 35.5. The minimum absolute atomic E-state index is 0.0209. The van der Waals surface area contributed by atoms with Crippen molar-refractivity contribution in [1.29, 1.82) is 0 Å². The molecule has 2 aromatic carbocycles. The van der Waals surface area contributed by atoms with Crippen LogP contribution in [0.5, 0.6) is 5.75 Å². The van der Waals surface area contributed by atoms with Gasteiger partial charge in [-0.2, -0.15) is 0 Å². The van der Waals surface area contributed by atoms with Gasteiger partial charge in [-0.1, -0.05) is 35.9 Å². The first-order valence-corrected chi connectivity index (χ1v) is 13.2. The molecule has 1 amide bonds. The van der Waals surface area contributed by atoms with Crippen LogP contribution in [-0.4, -0.2) is 58.5 Å². The van der Waals surface area contributed by atoms with E-state index in [-0.39, 0.29) is 17.6 Å². The topological polar surface area (TPSA) is 91.8 Å². The van der Waals surface area contributed by atoms with Gasteiger partial charge in [0, 0.05) is 18.3 Å². The Morgan fingerprint density at radius 2 is 1.79 bits per heavy atom. The molecule has 2 atom stereocenters. The molecule has 2 fully saturated rings. The fraction of sp³-hybridized carbons (Fsp3) is 0.345. The number of aliphatic hydroxyl groups is 1. The quantitative estimate of drug-likeness (QED) is 0.290. The van der Waals surface area contributed by atoms with Gasteiger partial charge in [-0.3, -0.25) is 14.6 Å². The van der Waals surface area contributed by atoms with Crippen LogP contribution in [0.15, 0.2) is 60.8 Å². The molecule has 1 aliphatic heterocycles. The molecule has 2 heterocycles. The van der Waals surface area contributed by atoms with E-state index in [1.807, 2.05) is 0 Å². The summed E-state index contributed by atoms with van der Waals surface area (Å²) in [7, 11) is 0. The first-order chi connectivity index (χ1) is 18.4. The number of amides is 1. The Balaban J connectivity index is 1.29. The van der Waals surface area contributed by atoms with Gasteiger partial charge in [0.25, 0.3) is 11.7 Å². The Hall–Kier alpha value is -3.33. The number of hydrogen-bond acceptors (Lipinski definition) is 6. The molecule has 7 nitrogen and oxygen atoms in total. The van der Waals surface area contributed by atoms with Crippen molar-refractivity contribution in [3.05, 3.63) is 82.9 Å². The van der Waals surface area contributed by atoms with E-state index in [1.54, 1.807) is 36.4 Å². The number of hydrogen-bond donors (Lipinski definition) is 2. The molecule has 3 aromatic rings. The van der Waals surface area contributed by atoms with Crippen molar-refractivity contribution in [2.24, 2.45) is 0 Å². The van der Waals surface area contributed by atoms with Gasteiger partial charge >= 0.3 is 0 Å². The fourth-order valence-electron chi connectivity index (χ4n) is 4.55. The monoisotopic (exact) mass is 537 g/mol. The minimum Gasteiger partial charge on any atom is -0.489 e. The number of aliphatic hydroxyl groups excluding tert-OH is 1. The average Bonchev–Trinajstić information content (AvgIpc) is 3.60. The lowest BCUT2D eigenvalue weighted by Crippen LogP contribution is -2.48. The van der Waals surface area contributed by atoms with Crippen LogP contribution in [0, 0.1) is 5.82 Å². The third kappa shape index (κ3) is 6.38. The Morgan fingerprint density at radius 1 is 1.08 bits per heavy atom. The van der Waals surface area contributed by atoms with E-state index in [1.165, 1.54) is 24.4 Å². The highest BCUT2D eigenvalue weighted by Gasteiger charge is 2.30. The van der Waals surface area contributed by atoms with Gasteiger partial charge in [-0.15, -0.1) is 0 Å². The van der Waals surface area contributed by atoms with Crippen LogP contribution in [-0.2, 0) is 4.79 Å². The van der Waals surface area contributed by atoms with Crippen molar-refractivity contribution in [3.8, 4) is 16.9 Å². The maximum atomic E-state index is 13.2. The smallest absolute Gasteiger partial charge is 0.294 e. The number of carbonyl (C=O) groups is 2. The van der Waals surface area contributed by atoms with Crippen LogP contribution in [0.3, 0.4) is 0 Å². The first-order valence-electron chi connectivity index (χ1n) is 12.8. The lowest BCUT2D eigenvalue weighted by molar-refractivity contribution is -0.118. The molecule has 1 saturated carbocycles. The fourth-order valence-corrected chi connectivity index (χ4v) is 4.79. The Morgan fingerprint density at radius 3 is 2.42 bits per heavy atom. The van der Waals surface area contributed by atoms with E-state index >= 15 is 0 Å². The number of nitrogens with one attached hydrogen (secondary N) is 1. The molecule has 38 heavy (non-hydrogen) atoms. The number of Topliss-reactive ketones (excluding diaryl/α,β-unsaturated/α-hetero) is 1. The van der Waals surface area contributed by atoms with Crippen molar-refractivity contribution in [2.45, 2.75) is 43.9 Å². The maximum Gasteiger partial charge on any atom is 0.294 e. The summed E-state index contributed by atoms with van der Waals surface area (Å²) in [6, 6.07) is 13.4. The second kappa shape index (κ2) is 11.6. The number of nitrogens with zero attached hydrogens (tertiary/aromatic N) is 2. The lowest BCUT2D eigenvalue weighted by atomic mass is 10.0. The number of benzene rings is 2. The largest absolute Gasteiger partial charge is 0.489 e. The molecule has 2 N–H and O–H groups in total. The predicted molar refractivity (Wildman–Crippen MR) is 142 cm³/mol. The molecule has 5 rings (SSSR count). The van der Waals surface area contributed by atoms with Crippen molar-refractivity contribution in [3.63, 3.8) is 0 Å². The molecule has 9 heteroatoms. The highest BCUT2D eigenvalue weighted by molar-refractivity contribution is 6.42. The molecule has 2 aliphatic rings. The third-order valence-corrected chi connectivity index (χ3v) is 7.14. The zero-order valence-electron chi connectivity index (χ0n) is 20.8. The third-order valence-electron chi connectivity index (χ3n) is 6.85. The molecule has 1 aromatic heterocycles. The van der Waals surface area contributed by atoms with Crippen LogP contribution in [0.2, 0.25) is 5.02 Å². The molecule has 0 radical (unpaired) electrons. The molecule has 0 unspecified atom stereocenters. The molecule has 1 aliphatic carbocycles. The van der Waals surface area contributed by atoms with Gasteiger partial charge < -0.3 is 20.1 Å². The highest BCUT2D eigenvalue weighted by Crippen LogP contribution is 2.34. The SMILES string of the molecule is O=C(N[C@H](CN1CCCC1)[C@H](O)c1ccc(OC2CC2)c(Cl)c1)C(=O)c1ccc(-c2ccc(F)cc2)cn1. The maximum absolute atomic E-state index is 13.2. The van der Waals surface area contributed by atoms with Gasteiger partial charge in [-0.25, -0.2) is 4.39 Å². The molecule has 1 saturated heterocycles. The van der Waals surface area contributed by atoms with E-state index in [9.17, 15) is 19.1 Å². The molecule has 0 spiro atoms. The van der Waals surface area contributed by atoms with Crippen LogP contribution in [0.1, 0.15) is 47.8 Å². The van der Waals surface area contributed by atoms with Crippen molar-refractivity contribution >= 4 is 23.3 Å². The van der Waals surface area contributed by atoms with Gasteiger partial charge in [-0.05, 0) is 80.2 Å². The van der Waals surface area contributed by atoms with E-state index in [0.717, 1.165) is 44.3 Å². The number of halogens is 2. The zero-order valence-corrected chi connectivity index (χ0v) is 21.5. The summed E-state index contributed by atoms with van der Waals surface area (Å²) < 4.78 is 19.0. The molecule has 198 valence electrons. The summed E-state index contributed by atoms with van der Waals surface area (Å²) in [4.78, 5) is 32.2. The van der Waals surface area contributed by atoms with Gasteiger partial charge in [0.2, 0.25) is 0 Å². The standard InChI is InChI=1S/C29H29ClFN3O4/c30-23-15-19(6-12-26(23)38-22-9-10-22)27(35)25(17-34-13-1-2-14-34)33-29(37)28(36)24-11-5-20(16-32-24)18-3-7-21(31)8-4-18/h3-8,11-12,15-16,22,25,27,35H,1-2,9-10,13-14,17H2,(H,33,37)/t25-,27-/m1/s1. The molecule has 0 bridgehead atoms. The predicted octanol–water partition coefficient (Wildman–Crippen LogP) is 4.58. The Kier molecular flexibility index (Phi) is 8.02. The van der Waals surface area contributed by atoms with Crippen molar-refractivity contribution < 1.29 is 23.8 Å². The number of carbonyl (C=O) groups excluding carboxylic acids is 2. The summed E-state index contributed by atoms with van der Waals surface area (Å²) in [5.74, 6) is -1.44. The van der Waals surface area contributed by atoms with Crippen LogP contribution >= 0.6 is 11.6 Å². The van der Waals surface area contributed by atoms with Crippen molar-refractivity contribution in [2.75, 3.05) is 19.6 Å². The average molecular weight is 538 g/mol. The van der Waals surface area contributed by atoms with Crippen LogP contribution in [0.4, 0.5) is 4.39 Å². The summed E-state index contributed by atoms with van der Waals surface area (Å²) in [6.07, 6.45) is 4.66. The number of ether oxygens (including phenoxy) is 1. The summed E-state index contributed by atoms with van der Waals surface area (Å²) in [5.41, 5.74) is 1.93. The summed E-state index contributed by atoms with van der Waals surface area (Å²) >= 11 is 6.41. The lowest BCUT2D eigenvalue weighted by Gasteiger charge is -2.28. The van der Waals surface area contributed by atoms with Gasteiger partial charge in [0.05, 0.1) is 17.2 Å². The van der Waals surface area contributed by atoms with E-state index in [0.29, 0.717) is 28.4 Å². The van der Waals surface area contributed by atoms with E-state index < -0.39 is 23.8 Å². The Bertz CT molecular complexity index is 1290. The Labute approximate surface area is 225 Å². The molecular weight excluding hydrogens is 509 g/mol. The van der Waals surface area contributed by atoms with Gasteiger partial charge in [0.1, 0.15) is 23.4 Å². The van der Waals surface area contributed by atoms with E-state index in [2.05, 4.69) is 15.2 Å². The van der Waals surface area contributed by atoms with Crippen LogP contribution < -0.4 is 10.1 Å². The summed E-state index contributed by atoms with van der Waals surface area (Å²) in [6.45, 7) is 2.10. The van der Waals surface area contributed by atoms with E-state index in [4.69, 9.17) is 16.3 Å². The molecular formula is C29H29ClFN3O4. The second-order valence-corrected chi connectivity index (χ2v) is 10.2. The van der Waals surface area contributed by atoms with Crippen LogP contribution in [0.25, 0.3) is 11.1 Å².